The molecule has 0 aromatic rings. The van der Waals surface area contributed by atoms with Gasteiger partial charge in [0.15, 0.2) is 0 Å². The molecule has 0 aliphatic carbocycles. The first-order chi connectivity index (χ1) is 7.24. The van der Waals surface area contributed by atoms with E-state index in [4.69, 9.17) is 0 Å². The monoisotopic (exact) mass is 233 g/mol. The van der Waals surface area contributed by atoms with Crippen molar-refractivity contribution in [2.24, 2.45) is 0 Å². The Morgan fingerprint density at radius 3 is 2.33 bits per heavy atom. The summed E-state index contributed by atoms with van der Waals surface area (Å²) in [5, 5.41) is 9.78. The highest BCUT2D eigenvalue weighted by Gasteiger charge is 2.08. The van der Waals surface area contributed by atoms with Crippen LogP contribution in [0.1, 0.15) is 40.0 Å². The number of aliphatic hydroxyl groups excluding tert-OH is 1. The average molecular weight is 233 g/mol. The van der Waals surface area contributed by atoms with Gasteiger partial charge in [-0.05, 0) is 25.3 Å². The average Bonchev–Trinajstić information content (AvgIpc) is 2.25. The number of hydrogen-bond donors (Lipinski definition) is 1. The first-order valence-corrected chi connectivity index (χ1v) is 7.38. The molecule has 1 N–H and O–H groups in total. The van der Waals surface area contributed by atoms with Crippen LogP contribution in [-0.2, 0) is 0 Å². The topological polar surface area (TPSA) is 23.5 Å². The summed E-state index contributed by atoms with van der Waals surface area (Å²) in [6.07, 6.45) is 3.73. The van der Waals surface area contributed by atoms with Crippen molar-refractivity contribution in [2.75, 3.05) is 31.1 Å². The lowest BCUT2D eigenvalue weighted by molar-refractivity contribution is 0.137. The lowest BCUT2D eigenvalue weighted by Gasteiger charge is -2.21. The normalized spacial score (nSPS) is 13.4. The van der Waals surface area contributed by atoms with Crippen molar-refractivity contribution in [3.8, 4) is 0 Å². The predicted molar refractivity (Wildman–Crippen MR) is 70.6 cm³/mol. The van der Waals surface area contributed by atoms with Crippen molar-refractivity contribution in [1.29, 1.82) is 0 Å². The molecule has 3 heteroatoms. The van der Waals surface area contributed by atoms with E-state index in [0.29, 0.717) is 0 Å². The molecule has 0 aliphatic rings. The molecule has 0 bridgehead atoms. The standard InChI is InChI=1S/C12H27NOS/c1-4-7-8-9-15-11-12(14)10-13(5-2)6-3/h12,14H,4-11H2,1-3H3. The number of aliphatic hydroxyl groups is 1. The number of rotatable bonds is 10. The Morgan fingerprint density at radius 1 is 1.13 bits per heavy atom. The van der Waals surface area contributed by atoms with Gasteiger partial charge in [0.25, 0.3) is 0 Å². The van der Waals surface area contributed by atoms with E-state index in [-0.39, 0.29) is 6.10 Å². The van der Waals surface area contributed by atoms with Crippen LogP contribution in [-0.4, -0.2) is 47.3 Å². The largest absolute Gasteiger partial charge is 0.391 e. The molecule has 0 radical (unpaired) electrons. The Labute approximate surface area is 99.4 Å². The van der Waals surface area contributed by atoms with E-state index in [1.54, 1.807) is 0 Å². The molecule has 0 saturated carbocycles. The van der Waals surface area contributed by atoms with E-state index in [2.05, 4.69) is 25.7 Å². The maximum Gasteiger partial charge on any atom is 0.0757 e. The summed E-state index contributed by atoms with van der Waals surface area (Å²) in [6.45, 7) is 9.41. The maximum absolute atomic E-state index is 9.78. The molecular formula is C12H27NOS. The minimum Gasteiger partial charge on any atom is -0.391 e. The molecule has 0 amide bonds. The third kappa shape index (κ3) is 9.21. The zero-order chi connectivity index (χ0) is 11.5. The Morgan fingerprint density at radius 2 is 1.80 bits per heavy atom. The Kier molecular flexibility index (Phi) is 11.0. The summed E-state index contributed by atoms with van der Waals surface area (Å²) < 4.78 is 0. The van der Waals surface area contributed by atoms with Gasteiger partial charge < -0.3 is 10.0 Å². The molecule has 0 aromatic heterocycles. The summed E-state index contributed by atoms with van der Waals surface area (Å²) in [6, 6.07) is 0. The first-order valence-electron chi connectivity index (χ1n) is 6.22. The summed E-state index contributed by atoms with van der Waals surface area (Å²) >= 11 is 1.89. The Hall–Kier alpha value is 0.270. The van der Waals surface area contributed by atoms with Crippen LogP contribution < -0.4 is 0 Å². The van der Waals surface area contributed by atoms with Crippen molar-refractivity contribution >= 4 is 11.8 Å². The van der Waals surface area contributed by atoms with Crippen LogP contribution in [0, 0.1) is 0 Å². The minimum absolute atomic E-state index is 0.156. The van der Waals surface area contributed by atoms with Crippen LogP contribution in [0.15, 0.2) is 0 Å². The zero-order valence-electron chi connectivity index (χ0n) is 10.5. The van der Waals surface area contributed by atoms with Crippen molar-refractivity contribution in [3.05, 3.63) is 0 Å². The molecular weight excluding hydrogens is 206 g/mol. The van der Waals surface area contributed by atoms with Gasteiger partial charge in [-0.3, -0.25) is 0 Å². The van der Waals surface area contributed by atoms with Gasteiger partial charge in [0, 0.05) is 12.3 Å². The predicted octanol–water partition coefficient (Wildman–Crippen LogP) is 2.61. The van der Waals surface area contributed by atoms with E-state index in [1.807, 2.05) is 11.8 Å². The van der Waals surface area contributed by atoms with Crippen molar-refractivity contribution in [2.45, 2.75) is 46.1 Å². The Bertz CT molecular complexity index is 129. The zero-order valence-corrected chi connectivity index (χ0v) is 11.4. The maximum atomic E-state index is 9.78. The van der Waals surface area contributed by atoms with Gasteiger partial charge in [0.2, 0.25) is 0 Å². The number of nitrogens with zero attached hydrogens (tertiary/aromatic N) is 1. The van der Waals surface area contributed by atoms with Crippen LogP contribution >= 0.6 is 11.8 Å². The summed E-state index contributed by atoms with van der Waals surface area (Å²) in [7, 11) is 0. The number of hydrogen-bond acceptors (Lipinski definition) is 3. The van der Waals surface area contributed by atoms with Crippen LogP contribution in [0.5, 0.6) is 0 Å². The van der Waals surface area contributed by atoms with E-state index >= 15 is 0 Å². The van der Waals surface area contributed by atoms with E-state index in [1.165, 1.54) is 25.0 Å². The fourth-order valence-electron chi connectivity index (χ4n) is 1.51. The molecule has 0 heterocycles. The minimum atomic E-state index is -0.156. The second kappa shape index (κ2) is 10.8. The fraction of sp³-hybridized carbons (Fsp3) is 1.00. The van der Waals surface area contributed by atoms with Gasteiger partial charge in [-0.2, -0.15) is 11.8 Å². The number of likely N-dealkylation sites (N-methyl/N-ethyl adjacent to an activating group) is 1. The van der Waals surface area contributed by atoms with Gasteiger partial charge in [-0.1, -0.05) is 33.6 Å². The molecule has 0 rings (SSSR count). The molecule has 0 aliphatic heterocycles. The quantitative estimate of drug-likeness (QED) is 0.587. The second-order valence-electron chi connectivity index (χ2n) is 3.92. The SMILES string of the molecule is CCCCCSCC(O)CN(CC)CC. The summed E-state index contributed by atoms with van der Waals surface area (Å²) in [4.78, 5) is 2.28. The number of thioether (sulfide) groups is 1. The third-order valence-corrected chi connectivity index (χ3v) is 3.76. The van der Waals surface area contributed by atoms with Crippen molar-refractivity contribution in [3.63, 3.8) is 0 Å². The third-order valence-electron chi connectivity index (χ3n) is 2.57. The van der Waals surface area contributed by atoms with Crippen LogP contribution in [0.4, 0.5) is 0 Å². The van der Waals surface area contributed by atoms with Gasteiger partial charge in [-0.25, -0.2) is 0 Å². The molecule has 1 atom stereocenters. The molecule has 0 saturated heterocycles. The first kappa shape index (κ1) is 15.3. The fourth-order valence-corrected chi connectivity index (χ4v) is 2.46. The molecule has 15 heavy (non-hydrogen) atoms. The van der Waals surface area contributed by atoms with Crippen molar-refractivity contribution < 1.29 is 5.11 Å². The van der Waals surface area contributed by atoms with E-state index in [0.717, 1.165) is 25.4 Å². The van der Waals surface area contributed by atoms with E-state index in [9.17, 15) is 5.11 Å². The molecule has 92 valence electrons. The molecule has 0 fully saturated rings. The van der Waals surface area contributed by atoms with Gasteiger partial charge >= 0.3 is 0 Å². The molecule has 0 spiro atoms. The smallest absolute Gasteiger partial charge is 0.0757 e. The van der Waals surface area contributed by atoms with Crippen LogP contribution in [0.2, 0.25) is 0 Å². The Balaban J connectivity index is 3.35. The van der Waals surface area contributed by atoms with Gasteiger partial charge in [0.1, 0.15) is 0 Å². The summed E-state index contributed by atoms with van der Waals surface area (Å²) in [5.41, 5.74) is 0. The van der Waals surface area contributed by atoms with Gasteiger partial charge in [0.05, 0.1) is 6.10 Å². The molecule has 0 aromatic carbocycles. The highest BCUT2D eigenvalue weighted by molar-refractivity contribution is 7.99. The van der Waals surface area contributed by atoms with Crippen molar-refractivity contribution in [1.82, 2.24) is 4.90 Å². The second-order valence-corrected chi connectivity index (χ2v) is 5.07. The van der Waals surface area contributed by atoms with Crippen LogP contribution in [0.25, 0.3) is 0 Å². The molecule has 1 unspecified atom stereocenters. The van der Waals surface area contributed by atoms with Gasteiger partial charge in [-0.15, -0.1) is 0 Å². The highest BCUT2D eigenvalue weighted by atomic mass is 32.2. The van der Waals surface area contributed by atoms with Crippen LogP contribution in [0.3, 0.4) is 0 Å². The van der Waals surface area contributed by atoms with E-state index < -0.39 is 0 Å². The summed E-state index contributed by atoms with van der Waals surface area (Å²) in [5.74, 6) is 2.09. The lowest BCUT2D eigenvalue weighted by atomic mass is 10.3. The molecule has 2 nitrogen and oxygen atoms in total. The lowest BCUT2D eigenvalue weighted by Crippen LogP contribution is -2.33. The number of unbranched alkanes of at least 4 members (excludes halogenated alkanes) is 2. The highest BCUT2D eigenvalue weighted by Crippen LogP contribution is 2.08.